The molecule has 2 unspecified atom stereocenters. The molecular formula is C14H24N4O. The molecule has 0 saturated heterocycles. The van der Waals surface area contributed by atoms with E-state index in [1.165, 1.54) is 25.6 Å². The molecule has 0 spiro atoms. The van der Waals surface area contributed by atoms with Crippen LogP contribution < -0.4 is 16.0 Å². The fourth-order valence-corrected chi connectivity index (χ4v) is 2.82. The zero-order valence-electron chi connectivity index (χ0n) is 11.9. The highest BCUT2D eigenvalue weighted by Crippen LogP contribution is 2.31. The number of hydrogen-bond acceptors (Lipinski definition) is 5. The number of aromatic nitrogens is 2. The van der Waals surface area contributed by atoms with Crippen molar-refractivity contribution in [2.24, 2.45) is 11.8 Å². The predicted octanol–water partition coefficient (Wildman–Crippen LogP) is 2.67. The van der Waals surface area contributed by atoms with Crippen molar-refractivity contribution < 1.29 is 4.74 Å². The van der Waals surface area contributed by atoms with Gasteiger partial charge in [0.2, 0.25) is 5.88 Å². The Labute approximate surface area is 114 Å². The molecule has 1 aromatic rings. The highest BCUT2D eigenvalue weighted by Gasteiger charge is 2.23. The first-order valence-corrected chi connectivity index (χ1v) is 7.25. The predicted molar refractivity (Wildman–Crippen MR) is 75.9 cm³/mol. The molecule has 1 aliphatic carbocycles. The second-order valence-electron chi connectivity index (χ2n) is 5.18. The molecular weight excluding hydrogens is 240 g/mol. The maximum absolute atomic E-state index is 6.11. The fraction of sp³-hybridized carbons (Fsp3) is 0.714. The van der Waals surface area contributed by atoms with E-state index >= 15 is 0 Å². The molecule has 1 fully saturated rings. The van der Waals surface area contributed by atoms with E-state index in [0.29, 0.717) is 11.7 Å². The smallest absolute Gasteiger partial charge is 0.222 e. The Hall–Kier alpha value is -1.36. The van der Waals surface area contributed by atoms with Crippen LogP contribution in [0.3, 0.4) is 0 Å². The molecule has 0 amide bonds. The van der Waals surface area contributed by atoms with Gasteiger partial charge in [-0.15, -0.1) is 0 Å². The van der Waals surface area contributed by atoms with Gasteiger partial charge in [-0.1, -0.05) is 26.7 Å². The number of anilines is 1. The summed E-state index contributed by atoms with van der Waals surface area (Å²) in [7, 11) is 0. The Morgan fingerprint density at radius 1 is 1.37 bits per heavy atom. The van der Waals surface area contributed by atoms with Crippen LogP contribution in [0.2, 0.25) is 0 Å². The Balaban J connectivity index is 2.10. The Morgan fingerprint density at radius 3 is 2.89 bits per heavy atom. The number of nitrogens with one attached hydrogen (secondary N) is 1. The van der Waals surface area contributed by atoms with Gasteiger partial charge in [0, 0.05) is 0 Å². The quantitative estimate of drug-likeness (QED) is 0.632. The summed E-state index contributed by atoms with van der Waals surface area (Å²) in [6, 6.07) is 0. The van der Waals surface area contributed by atoms with Gasteiger partial charge in [-0.3, -0.25) is 0 Å². The van der Waals surface area contributed by atoms with Crippen molar-refractivity contribution in [2.75, 3.05) is 5.43 Å². The monoisotopic (exact) mass is 264 g/mol. The lowest BCUT2D eigenvalue weighted by Gasteiger charge is -2.29. The third-order valence-corrected chi connectivity index (χ3v) is 3.99. The van der Waals surface area contributed by atoms with E-state index in [1.807, 2.05) is 0 Å². The average Bonchev–Trinajstić information content (AvgIpc) is 2.47. The molecule has 5 heteroatoms. The van der Waals surface area contributed by atoms with E-state index in [1.54, 1.807) is 0 Å². The maximum Gasteiger partial charge on any atom is 0.222 e. The van der Waals surface area contributed by atoms with Crippen LogP contribution in [0.4, 0.5) is 5.82 Å². The zero-order valence-corrected chi connectivity index (χ0v) is 11.9. The average molecular weight is 264 g/mol. The molecule has 0 aromatic carbocycles. The summed E-state index contributed by atoms with van der Waals surface area (Å²) in [4.78, 5) is 8.40. The van der Waals surface area contributed by atoms with Crippen LogP contribution in [0.15, 0.2) is 6.33 Å². The third kappa shape index (κ3) is 3.35. The number of rotatable bonds is 5. The molecule has 19 heavy (non-hydrogen) atoms. The van der Waals surface area contributed by atoms with Crippen molar-refractivity contribution in [3.05, 3.63) is 11.9 Å². The van der Waals surface area contributed by atoms with Crippen LogP contribution in [-0.4, -0.2) is 16.1 Å². The van der Waals surface area contributed by atoms with Gasteiger partial charge in [0.1, 0.15) is 18.2 Å². The van der Waals surface area contributed by atoms with E-state index in [2.05, 4.69) is 29.2 Å². The minimum Gasteiger partial charge on any atom is -0.474 e. The van der Waals surface area contributed by atoms with Crippen LogP contribution in [0.25, 0.3) is 0 Å². The molecule has 5 nitrogen and oxygen atoms in total. The summed E-state index contributed by atoms with van der Waals surface area (Å²) < 4.78 is 6.11. The molecule has 1 heterocycles. The van der Waals surface area contributed by atoms with Crippen LogP contribution in [0.5, 0.6) is 5.88 Å². The molecule has 0 bridgehead atoms. The maximum atomic E-state index is 6.11. The summed E-state index contributed by atoms with van der Waals surface area (Å²) in [5.74, 6) is 7.62. The number of hydrazine groups is 1. The number of nitrogen functional groups attached to an aromatic ring is 1. The van der Waals surface area contributed by atoms with E-state index in [-0.39, 0.29) is 6.10 Å². The number of nitrogens with two attached hydrogens (primary N) is 1. The lowest BCUT2D eigenvalue weighted by molar-refractivity contribution is 0.116. The second-order valence-corrected chi connectivity index (χ2v) is 5.18. The van der Waals surface area contributed by atoms with Crippen molar-refractivity contribution in [1.82, 2.24) is 9.97 Å². The normalized spacial score (nSPS) is 23.1. The van der Waals surface area contributed by atoms with Crippen LogP contribution in [0.1, 0.15) is 51.5 Å². The minimum absolute atomic E-state index is 0.282. The first-order valence-electron chi connectivity index (χ1n) is 7.25. The van der Waals surface area contributed by atoms with Gasteiger partial charge in [-0.2, -0.15) is 0 Å². The first kappa shape index (κ1) is 14.1. The van der Waals surface area contributed by atoms with Crippen LogP contribution >= 0.6 is 0 Å². The summed E-state index contributed by atoms with van der Waals surface area (Å²) in [5.41, 5.74) is 3.57. The second kappa shape index (κ2) is 6.70. The summed E-state index contributed by atoms with van der Waals surface area (Å²) in [5, 5.41) is 0. The third-order valence-electron chi connectivity index (χ3n) is 3.99. The lowest BCUT2D eigenvalue weighted by Crippen LogP contribution is -2.26. The SMILES string of the molecule is CCc1c(NN)ncnc1OC1CCCC(CC)C1. The van der Waals surface area contributed by atoms with Crippen molar-refractivity contribution in [2.45, 2.75) is 58.5 Å². The molecule has 106 valence electrons. The van der Waals surface area contributed by atoms with Gasteiger partial charge in [0.05, 0.1) is 5.56 Å². The Kier molecular flexibility index (Phi) is 4.96. The fourth-order valence-electron chi connectivity index (χ4n) is 2.82. The molecule has 0 aliphatic heterocycles. The largest absolute Gasteiger partial charge is 0.474 e. The van der Waals surface area contributed by atoms with E-state index in [4.69, 9.17) is 10.6 Å². The standard InChI is InChI=1S/C14H24N4O/c1-3-10-6-5-7-11(8-10)19-14-12(4-2)13(18-15)16-9-17-14/h9-11H,3-8,15H2,1-2H3,(H,16,17,18). The van der Waals surface area contributed by atoms with Crippen LogP contribution in [-0.2, 0) is 6.42 Å². The van der Waals surface area contributed by atoms with Crippen molar-refractivity contribution in [3.63, 3.8) is 0 Å². The number of hydrogen-bond donors (Lipinski definition) is 2. The lowest BCUT2D eigenvalue weighted by atomic mass is 9.85. The van der Waals surface area contributed by atoms with Gasteiger partial charge in [-0.25, -0.2) is 15.8 Å². The molecule has 2 rings (SSSR count). The number of ether oxygens (including phenoxy) is 1. The van der Waals surface area contributed by atoms with Crippen molar-refractivity contribution in [3.8, 4) is 5.88 Å². The van der Waals surface area contributed by atoms with Gasteiger partial charge >= 0.3 is 0 Å². The van der Waals surface area contributed by atoms with E-state index < -0.39 is 0 Å². The summed E-state index contributed by atoms with van der Waals surface area (Å²) >= 11 is 0. The van der Waals surface area contributed by atoms with Gasteiger partial charge in [0.25, 0.3) is 0 Å². The highest BCUT2D eigenvalue weighted by molar-refractivity contribution is 5.47. The molecule has 1 saturated carbocycles. The molecule has 3 N–H and O–H groups in total. The number of nitrogens with zero attached hydrogens (tertiary/aromatic N) is 2. The van der Waals surface area contributed by atoms with E-state index in [9.17, 15) is 0 Å². The molecule has 0 radical (unpaired) electrons. The minimum atomic E-state index is 0.282. The van der Waals surface area contributed by atoms with E-state index in [0.717, 1.165) is 30.7 Å². The Morgan fingerprint density at radius 2 is 2.21 bits per heavy atom. The molecule has 1 aromatic heterocycles. The van der Waals surface area contributed by atoms with Crippen molar-refractivity contribution in [1.29, 1.82) is 0 Å². The van der Waals surface area contributed by atoms with Crippen LogP contribution in [0, 0.1) is 5.92 Å². The zero-order chi connectivity index (χ0) is 13.7. The summed E-state index contributed by atoms with van der Waals surface area (Å²) in [6.07, 6.45) is 8.66. The van der Waals surface area contributed by atoms with Gasteiger partial charge in [-0.05, 0) is 31.6 Å². The molecule has 2 atom stereocenters. The van der Waals surface area contributed by atoms with Gasteiger partial charge < -0.3 is 10.2 Å². The molecule has 1 aliphatic rings. The van der Waals surface area contributed by atoms with Crippen molar-refractivity contribution >= 4 is 5.82 Å². The topological polar surface area (TPSA) is 73.1 Å². The Bertz CT molecular complexity index is 410. The highest BCUT2D eigenvalue weighted by atomic mass is 16.5. The van der Waals surface area contributed by atoms with Gasteiger partial charge in [0.15, 0.2) is 0 Å². The first-order chi connectivity index (χ1) is 9.28. The summed E-state index contributed by atoms with van der Waals surface area (Å²) in [6.45, 7) is 4.31.